The van der Waals surface area contributed by atoms with E-state index in [1.165, 1.54) is 5.56 Å². The van der Waals surface area contributed by atoms with Crippen molar-refractivity contribution in [2.75, 3.05) is 19.7 Å². The molecule has 1 unspecified atom stereocenters. The molecule has 0 radical (unpaired) electrons. The van der Waals surface area contributed by atoms with E-state index >= 15 is 0 Å². The quantitative estimate of drug-likeness (QED) is 0.842. The molecule has 0 spiro atoms. The van der Waals surface area contributed by atoms with Crippen LogP contribution in [0.1, 0.15) is 17.5 Å². The van der Waals surface area contributed by atoms with Crippen molar-refractivity contribution in [3.05, 3.63) is 71.8 Å². The highest BCUT2D eigenvalue weighted by Crippen LogP contribution is 2.14. The van der Waals surface area contributed by atoms with Gasteiger partial charge in [0, 0.05) is 6.54 Å². The summed E-state index contributed by atoms with van der Waals surface area (Å²) in [6.45, 7) is 2.07. The Bertz CT molecular complexity index is 630. The SMILES string of the molecule is O=C(OCc1ccccc1)N1CCOC(CCc2ccccc2)C1. The monoisotopic (exact) mass is 325 g/mol. The van der Waals surface area contributed by atoms with Gasteiger partial charge in [0.15, 0.2) is 0 Å². The second-order valence-electron chi connectivity index (χ2n) is 6.00. The lowest BCUT2D eigenvalue weighted by molar-refractivity contribution is -0.0311. The van der Waals surface area contributed by atoms with Crippen LogP contribution >= 0.6 is 0 Å². The topological polar surface area (TPSA) is 38.8 Å². The van der Waals surface area contributed by atoms with E-state index in [1.54, 1.807) is 4.90 Å². The lowest BCUT2D eigenvalue weighted by Crippen LogP contribution is -2.45. The lowest BCUT2D eigenvalue weighted by atomic mass is 10.1. The summed E-state index contributed by atoms with van der Waals surface area (Å²) in [5.74, 6) is 0. The Morgan fingerprint density at radius 1 is 1.04 bits per heavy atom. The highest BCUT2D eigenvalue weighted by Gasteiger charge is 2.25. The van der Waals surface area contributed by atoms with E-state index in [1.807, 2.05) is 48.5 Å². The van der Waals surface area contributed by atoms with Gasteiger partial charge in [-0.05, 0) is 24.0 Å². The minimum absolute atomic E-state index is 0.0724. The molecule has 4 nitrogen and oxygen atoms in total. The summed E-state index contributed by atoms with van der Waals surface area (Å²) in [6.07, 6.45) is 1.68. The average molecular weight is 325 g/mol. The fourth-order valence-corrected chi connectivity index (χ4v) is 2.84. The molecule has 126 valence electrons. The number of benzene rings is 2. The van der Waals surface area contributed by atoms with E-state index < -0.39 is 0 Å². The van der Waals surface area contributed by atoms with Crippen molar-refractivity contribution < 1.29 is 14.3 Å². The predicted octanol–water partition coefficient (Wildman–Crippen LogP) is 3.66. The smallest absolute Gasteiger partial charge is 0.410 e. The van der Waals surface area contributed by atoms with E-state index in [4.69, 9.17) is 9.47 Å². The van der Waals surface area contributed by atoms with Gasteiger partial charge in [0.25, 0.3) is 0 Å². The molecule has 1 amide bonds. The van der Waals surface area contributed by atoms with Gasteiger partial charge in [0.05, 0.1) is 19.3 Å². The van der Waals surface area contributed by atoms with Gasteiger partial charge in [-0.3, -0.25) is 0 Å². The first-order chi connectivity index (χ1) is 11.8. The summed E-state index contributed by atoms with van der Waals surface area (Å²) >= 11 is 0. The molecular weight excluding hydrogens is 302 g/mol. The van der Waals surface area contributed by atoms with Crippen molar-refractivity contribution in [2.45, 2.75) is 25.6 Å². The van der Waals surface area contributed by atoms with Gasteiger partial charge in [0.2, 0.25) is 0 Å². The molecule has 0 N–H and O–H groups in total. The molecule has 2 aromatic carbocycles. The summed E-state index contributed by atoms with van der Waals surface area (Å²) in [7, 11) is 0. The Labute approximate surface area is 143 Å². The van der Waals surface area contributed by atoms with Crippen molar-refractivity contribution in [2.24, 2.45) is 0 Å². The highest BCUT2D eigenvalue weighted by atomic mass is 16.6. The number of hydrogen-bond acceptors (Lipinski definition) is 3. The van der Waals surface area contributed by atoms with Crippen LogP contribution < -0.4 is 0 Å². The number of hydrogen-bond donors (Lipinski definition) is 0. The molecule has 0 saturated carbocycles. The minimum atomic E-state index is -0.258. The first-order valence-corrected chi connectivity index (χ1v) is 8.42. The number of aryl methyl sites for hydroxylation is 1. The Hall–Kier alpha value is -2.33. The molecule has 0 bridgehead atoms. The third-order valence-electron chi connectivity index (χ3n) is 4.20. The highest BCUT2D eigenvalue weighted by molar-refractivity contribution is 5.67. The number of rotatable bonds is 5. The van der Waals surface area contributed by atoms with Crippen molar-refractivity contribution in [1.29, 1.82) is 0 Å². The summed E-state index contributed by atoms with van der Waals surface area (Å²) in [5, 5.41) is 0. The normalized spacial score (nSPS) is 17.5. The van der Waals surface area contributed by atoms with Crippen molar-refractivity contribution >= 4 is 6.09 Å². The van der Waals surface area contributed by atoms with Crippen LogP contribution in [0, 0.1) is 0 Å². The lowest BCUT2D eigenvalue weighted by Gasteiger charge is -2.32. The van der Waals surface area contributed by atoms with E-state index in [0.29, 0.717) is 26.3 Å². The third-order valence-corrected chi connectivity index (χ3v) is 4.20. The van der Waals surface area contributed by atoms with Crippen LogP contribution in [-0.4, -0.2) is 36.8 Å². The second-order valence-corrected chi connectivity index (χ2v) is 6.00. The van der Waals surface area contributed by atoms with Crippen molar-refractivity contribution in [3.63, 3.8) is 0 Å². The van der Waals surface area contributed by atoms with E-state index in [0.717, 1.165) is 18.4 Å². The fraction of sp³-hybridized carbons (Fsp3) is 0.350. The van der Waals surface area contributed by atoms with Gasteiger partial charge in [-0.25, -0.2) is 4.79 Å². The summed E-state index contributed by atoms with van der Waals surface area (Å²) in [6, 6.07) is 20.1. The van der Waals surface area contributed by atoms with Crippen LogP contribution in [0.25, 0.3) is 0 Å². The largest absolute Gasteiger partial charge is 0.445 e. The fourth-order valence-electron chi connectivity index (χ4n) is 2.84. The molecule has 0 aliphatic carbocycles. The molecule has 2 aromatic rings. The molecule has 1 aliphatic heterocycles. The molecule has 4 heteroatoms. The van der Waals surface area contributed by atoms with E-state index in [9.17, 15) is 4.79 Å². The Morgan fingerprint density at radius 3 is 2.42 bits per heavy atom. The first-order valence-electron chi connectivity index (χ1n) is 8.42. The molecule has 1 fully saturated rings. The molecular formula is C20H23NO3. The summed E-state index contributed by atoms with van der Waals surface area (Å²) in [5.41, 5.74) is 2.30. The summed E-state index contributed by atoms with van der Waals surface area (Å²) in [4.78, 5) is 14.0. The van der Waals surface area contributed by atoms with Gasteiger partial charge < -0.3 is 14.4 Å². The van der Waals surface area contributed by atoms with Gasteiger partial charge in [-0.15, -0.1) is 0 Å². The molecule has 3 rings (SSSR count). The van der Waals surface area contributed by atoms with Gasteiger partial charge in [0.1, 0.15) is 6.61 Å². The zero-order chi connectivity index (χ0) is 16.6. The third kappa shape index (κ3) is 4.83. The number of ether oxygens (including phenoxy) is 2. The van der Waals surface area contributed by atoms with Crippen molar-refractivity contribution in [3.8, 4) is 0 Å². The maximum atomic E-state index is 12.2. The molecule has 0 aromatic heterocycles. The minimum Gasteiger partial charge on any atom is -0.445 e. The number of morpholine rings is 1. The maximum Gasteiger partial charge on any atom is 0.410 e. The number of carbonyl (C=O) groups is 1. The van der Waals surface area contributed by atoms with Crippen LogP contribution in [0.3, 0.4) is 0 Å². The molecule has 1 saturated heterocycles. The Morgan fingerprint density at radius 2 is 1.71 bits per heavy atom. The van der Waals surface area contributed by atoms with Crippen molar-refractivity contribution in [1.82, 2.24) is 4.90 Å². The number of amides is 1. The standard InChI is InChI=1S/C20H23NO3/c22-20(24-16-18-9-5-2-6-10-18)21-13-14-23-19(15-21)12-11-17-7-3-1-4-8-17/h1-10,19H,11-16H2. The number of carbonyl (C=O) groups excluding carboxylic acids is 1. The van der Waals surface area contributed by atoms with Gasteiger partial charge in [-0.2, -0.15) is 0 Å². The predicted molar refractivity (Wildman–Crippen MR) is 92.7 cm³/mol. The number of nitrogens with zero attached hydrogens (tertiary/aromatic N) is 1. The Kier molecular flexibility index (Phi) is 5.85. The van der Waals surface area contributed by atoms with Crippen LogP contribution in [-0.2, 0) is 22.5 Å². The maximum absolute atomic E-state index is 12.2. The molecule has 1 aliphatic rings. The zero-order valence-corrected chi connectivity index (χ0v) is 13.8. The Balaban J connectivity index is 1.45. The van der Waals surface area contributed by atoms with E-state index in [2.05, 4.69) is 12.1 Å². The molecule has 1 heterocycles. The molecule has 24 heavy (non-hydrogen) atoms. The average Bonchev–Trinajstić information content (AvgIpc) is 2.66. The van der Waals surface area contributed by atoms with Gasteiger partial charge >= 0.3 is 6.09 Å². The zero-order valence-electron chi connectivity index (χ0n) is 13.8. The summed E-state index contributed by atoms with van der Waals surface area (Å²) < 4.78 is 11.2. The van der Waals surface area contributed by atoms with Crippen LogP contribution in [0.15, 0.2) is 60.7 Å². The first kappa shape index (κ1) is 16.5. The van der Waals surface area contributed by atoms with E-state index in [-0.39, 0.29) is 12.2 Å². The van der Waals surface area contributed by atoms with Crippen LogP contribution in [0.5, 0.6) is 0 Å². The van der Waals surface area contributed by atoms with Gasteiger partial charge in [-0.1, -0.05) is 60.7 Å². The molecule has 1 atom stereocenters. The van der Waals surface area contributed by atoms with Crippen LogP contribution in [0.4, 0.5) is 4.79 Å². The van der Waals surface area contributed by atoms with Crippen LogP contribution in [0.2, 0.25) is 0 Å². The second kappa shape index (κ2) is 8.50.